The molecule has 3 heteroatoms. The number of amides is 1. The van der Waals surface area contributed by atoms with Crippen molar-refractivity contribution in [2.45, 2.75) is 32.4 Å². The van der Waals surface area contributed by atoms with Crippen molar-refractivity contribution in [2.75, 3.05) is 0 Å². The van der Waals surface area contributed by atoms with E-state index in [2.05, 4.69) is 6.58 Å². The Hall–Kier alpha value is -2.68. The molecule has 0 aromatic heterocycles. The minimum absolute atomic E-state index is 0.000110. The van der Waals surface area contributed by atoms with Gasteiger partial charge in [-0.3, -0.25) is 9.59 Å². The van der Waals surface area contributed by atoms with E-state index >= 15 is 0 Å². The van der Waals surface area contributed by atoms with Gasteiger partial charge in [0.1, 0.15) is 5.78 Å². The molecule has 0 heterocycles. The highest BCUT2D eigenvalue weighted by atomic mass is 16.2. The first-order chi connectivity index (χ1) is 11.7. The van der Waals surface area contributed by atoms with Crippen LogP contribution in [-0.2, 0) is 22.7 Å². The van der Waals surface area contributed by atoms with Crippen LogP contribution in [0.1, 0.15) is 30.4 Å². The molecule has 0 bridgehead atoms. The molecule has 0 aliphatic carbocycles. The van der Waals surface area contributed by atoms with Crippen molar-refractivity contribution >= 4 is 11.7 Å². The van der Waals surface area contributed by atoms with E-state index < -0.39 is 0 Å². The molecule has 0 spiro atoms. The van der Waals surface area contributed by atoms with Crippen LogP contribution in [-0.4, -0.2) is 16.6 Å². The zero-order valence-electron chi connectivity index (χ0n) is 13.9. The summed E-state index contributed by atoms with van der Waals surface area (Å²) < 4.78 is 0. The Balaban J connectivity index is 2.05. The average Bonchev–Trinajstić information content (AvgIpc) is 2.61. The van der Waals surface area contributed by atoms with Crippen LogP contribution < -0.4 is 0 Å². The largest absolute Gasteiger partial charge is 0.334 e. The number of carbonyl (C=O) groups excluding carboxylic acids is 2. The lowest BCUT2D eigenvalue weighted by atomic mass is 10.1. The van der Waals surface area contributed by atoms with Crippen molar-refractivity contribution in [3.8, 4) is 0 Å². The number of Topliss-reactive ketones (excluding diaryl/α,β-unsaturated/α-hetero) is 1. The number of hydrogen-bond acceptors (Lipinski definition) is 2. The van der Waals surface area contributed by atoms with Gasteiger partial charge in [-0.2, -0.15) is 0 Å². The summed E-state index contributed by atoms with van der Waals surface area (Å²) in [5.74, 6) is 0.0536. The van der Waals surface area contributed by atoms with Crippen LogP contribution in [0.4, 0.5) is 0 Å². The fraction of sp³-hybridized carbons (Fsp3) is 0.238. The van der Waals surface area contributed by atoms with Crippen LogP contribution in [0.5, 0.6) is 0 Å². The smallest absolute Gasteiger partial charge is 0.223 e. The maximum absolute atomic E-state index is 12.6. The topological polar surface area (TPSA) is 37.4 Å². The lowest BCUT2D eigenvalue weighted by Crippen LogP contribution is -2.30. The van der Waals surface area contributed by atoms with E-state index in [0.29, 0.717) is 19.5 Å². The van der Waals surface area contributed by atoms with Gasteiger partial charge in [0.15, 0.2) is 0 Å². The van der Waals surface area contributed by atoms with Crippen molar-refractivity contribution in [1.29, 1.82) is 0 Å². The Morgan fingerprint density at radius 3 is 1.79 bits per heavy atom. The van der Waals surface area contributed by atoms with Crippen molar-refractivity contribution in [1.82, 2.24) is 4.90 Å². The van der Waals surface area contributed by atoms with E-state index in [-0.39, 0.29) is 24.5 Å². The van der Waals surface area contributed by atoms with Gasteiger partial charge in [-0.25, -0.2) is 0 Å². The van der Waals surface area contributed by atoms with Crippen LogP contribution in [0, 0.1) is 0 Å². The standard InChI is InChI=1S/C21H23NO2/c1-2-9-20(23)14-15-21(24)22(16-18-10-5-3-6-11-18)17-19-12-7-4-8-13-19/h2-8,10-13H,1,9,14-17H2. The maximum Gasteiger partial charge on any atom is 0.223 e. The Labute approximate surface area is 143 Å². The number of ketones is 1. The molecule has 1 amide bonds. The molecule has 0 N–H and O–H groups in total. The molecule has 0 saturated heterocycles. The lowest BCUT2D eigenvalue weighted by Gasteiger charge is -2.23. The van der Waals surface area contributed by atoms with Crippen LogP contribution in [0.25, 0.3) is 0 Å². The molecule has 2 aromatic carbocycles. The van der Waals surface area contributed by atoms with Gasteiger partial charge in [-0.05, 0) is 11.1 Å². The van der Waals surface area contributed by atoms with Gasteiger partial charge in [-0.1, -0.05) is 66.7 Å². The molecule has 0 fully saturated rings. The summed E-state index contributed by atoms with van der Waals surface area (Å²) in [7, 11) is 0. The van der Waals surface area contributed by atoms with Gasteiger partial charge in [0.2, 0.25) is 5.91 Å². The Bertz CT molecular complexity index is 623. The first-order valence-corrected chi connectivity index (χ1v) is 8.17. The molecule has 2 rings (SSSR count). The van der Waals surface area contributed by atoms with Crippen LogP contribution >= 0.6 is 0 Å². The van der Waals surface area contributed by atoms with E-state index in [4.69, 9.17) is 0 Å². The van der Waals surface area contributed by atoms with Gasteiger partial charge >= 0.3 is 0 Å². The van der Waals surface area contributed by atoms with E-state index in [1.807, 2.05) is 65.6 Å². The zero-order valence-corrected chi connectivity index (χ0v) is 13.9. The summed E-state index contributed by atoms with van der Waals surface area (Å²) in [5.41, 5.74) is 2.17. The second kappa shape index (κ2) is 9.46. The number of allylic oxidation sites excluding steroid dienone is 1. The molecule has 0 aliphatic rings. The fourth-order valence-electron chi connectivity index (χ4n) is 2.51. The number of hydrogen-bond donors (Lipinski definition) is 0. The average molecular weight is 321 g/mol. The minimum atomic E-state index is 0.000110. The summed E-state index contributed by atoms with van der Waals surface area (Å²) >= 11 is 0. The summed E-state index contributed by atoms with van der Waals surface area (Å²) in [4.78, 5) is 26.1. The van der Waals surface area contributed by atoms with Gasteiger partial charge < -0.3 is 4.90 Å². The Morgan fingerprint density at radius 1 is 0.833 bits per heavy atom. The highest BCUT2D eigenvalue weighted by Crippen LogP contribution is 2.12. The minimum Gasteiger partial charge on any atom is -0.334 e. The molecular weight excluding hydrogens is 298 g/mol. The van der Waals surface area contributed by atoms with Crippen LogP contribution in [0.15, 0.2) is 73.3 Å². The highest BCUT2D eigenvalue weighted by molar-refractivity contribution is 5.85. The number of nitrogens with zero attached hydrogens (tertiary/aromatic N) is 1. The predicted octanol–water partition coefficient (Wildman–Crippen LogP) is 4.14. The van der Waals surface area contributed by atoms with E-state index in [1.165, 1.54) is 0 Å². The zero-order chi connectivity index (χ0) is 17.2. The predicted molar refractivity (Wildman–Crippen MR) is 96.2 cm³/mol. The van der Waals surface area contributed by atoms with Crippen molar-refractivity contribution < 1.29 is 9.59 Å². The Morgan fingerprint density at radius 2 is 1.33 bits per heavy atom. The van der Waals surface area contributed by atoms with E-state index in [9.17, 15) is 9.59 Å². The summed E-state index contributed by atoms with van der Waals surface area (Å²) in [6, 6.07) is 19.8. The molecule has 0 radical (unpaired) electrons. The SMILES string of the molecule is C=CCC(=O)CCC(=O)N(Cc1ccccc1)Cc1ccccc1. The number of benzene rings is 2. The molecule has 3 nitrogen and oxygen atoms in total. The number of carbonyl (C=O) groups is 2. The Kier molecular flexibility index (Phi) is 6.96. The van der Waals surface area contributed by atoms with Crippen molar-refractivity contribution in [2.24, 2.45) is 0 Å². The maximum atomic E-state index is 12.6. The third-order valence-electron chi connectivity index (χ3n) is 3.77. The molecule has 0 atom stereocenters. The quantitative estimate of drug-likeness (QED) is 0.651. The molecule has 2 aromatic rings. The second-order valence-electron chi connectivity index (χ2n) is 5.75. The van der Waals surface area contributed by atoms with Gasteiger partial charge in [0.05, 0.1) is 0 Å². The third-order valence-corrected chi connectivity index (χ3v) is 3.77. The van der Waals surface area contributed by atoms with Crippen molar-refractivity contribution in [3.05, 3.63) is 84.4 Å². The van der Waals surface area contributed by atoms with Gasteiger partial charge in [-0.15, -0.1) is 6.58 Å². The number of rotatable bonds is 9. The third kappa shape index (κ3) is 5.84. The molecular formula is C21H23NO2. The summed E-state index contributed by atoms with van der Waals surface area (Å²) in [6.45, 7) is 4.65. The van der Waals surface area contributed by atoms with E-state index in [0.717, 1.165) is 11.1 Å². The monoisotopic (exact) mass is 321 g/mol. The van der Waals surface area contributed by atoms with Gasteiger partial charge in [0, 0.05) is 32.4 Å². The molecule has 124 valence electrons. The molecule has 0 saturated carbocycles. The first-order valence-electron chi connectivity index (χ1n) is 8.17. The second-order valence-corrected chi connectivity index (χ2v) is 5.75. The summed E-state index contributed by atoms with van der Waals surface area (Å²) in [6.07, 6.45) is 2.42. The fourth-order valence-corrected chi connectivity index (χ4v) is 2.51. The van der Waals surface area contributed by atoms with E-state index in [1.54, 1.807) is 6.08 Å². The van der Waals surface area contributed by atoms with Crippen LogP contribution in [0.3, 0.4) is 0 Å². The molecule has 24 heavy (non-hydrogen) atoms. The first kappa shape index (κ1) is 17.7. The van der Waals surface area contributed by atoms with Crippen LogP contribution in [0.2, 0.25) is 0 Å². The van der Waals surface area contributed by atoms with Crippen molar-refractivity contribution in [3.63, 3.8) is 0 Å². The lowest BCUT2D eigenvalue weighted by molar-refractivity contribution is -0.134. The highest BCUT2D eigenvalue weighted by Gasteiger charge is 2.15. The normalized spacial score (nSPS) is 10.2. The molecule has 0 unspecified atom stereocenters. The van der Waals surface area contributed by atoms with Gasteiger partial charge in [0.25, 0.3) is 0 Å². The molecule has 0 aliphatic heterocycles. The summed E-state index contributed by atoms with van der Waals surface area (Å²) in [5, 5.41) is 0.